The first-order chi connectivity index (χ1) is 33.7. The third-order valence-electron chi connectivity index (χ3n) is 12.6. The standard InChI is InChI=1S/C60H38N8/c1-5-19-39(20-6-1)47-37-48(40-21-7-2-8-22-40)64-59(63-47)45-29-17-33-55(61-45)67-51-31-15-13-27-43(51)57-53(67)35-36-54-58(57)44-28-14-16-32-52(44)68(54)56-34-18-30-46(62-56)60-65-49(41-23-9-3-10-24-41)38-50(66-60)42-25-11-4-12-26-42/h1-38H. The minimum Gasteiger partial charge on any atom is -0.294 e. The van der Waals surface area contributed by atoms with E-state index in [4.69, 9.17) is 29.9 Å². The minimum atomic E-state index is 0.557. The van der Waals surface area contributed by atoms with Crippen LogP contribution in [0.5, 0.6) is 0 Å². The minimum absolute atomic E-state index is 0.557. The average molecular weight is 871 g/mol. The molecular formula is C60H38N8. The number of pyridine rings is 2. The zero-order valence-electron chi connectivity index (χ0n) is 36.5. The van der Waals surface area contributed by atoms with Gasteiger partial charge in [0.05, 0.1) is 44.8 Å². The zero-order chi connectivity index (χ0) is 45.0. The van der Waals surface area contributed by atoms with Crippen molar-refractivity contribution < 1.29 is 0 Å². The van der Waals surface area contributed by atoms with E-state index in [2.05, 4.69) is 143 Å². The molecule has 0 N–H and O–H groups in total. The molecule has 0 amide bonds. The van der Waals surface area contributed by atoms with E-state index in [9.17, 15) is 0 Å². The van der Waals surface area contributed by atoms with Crippen LogP contribution in [0, 0.1) is 0 Å². The van der Waals surface area contributed by atoms with E-state index >= 15 is 0 Å². The molecule has 318 valence electrons. The van der Waals surface area contributed by atoms with Crippen LogP contribution in [-0.2, 0) is 0 Å². The summed E-state index contributed by atoms with van der Waals surface area (Å²) >= 11 is 0. The Morgan fingerprint density at radius 3 is 0.912 bits per heavy atom. The van der Waals surface area contributed by atoms with Crippen LogP contribution >= 0.6 is 0 Å². The maximum Gasteiger partial charge on any atom is 0.179 e. The van der Waals surface area contributed by atoms with E-state index in [1.807, 2.05) is 97.1 Å². The summed E-state index contributed by atoms with van der Waals surface area (Å²) in [6, 6.07) is 78.9. The second kappa shape index (κ2) is 16.2. The molecule has 0 fully saturated rings. The number of benzene rings is 7. The molecule has 0 saturated carbocycles. The van der Waals surface area contributed by atoms with E-state index in [1.165, 1.54) is 0 Å². The molecule has 68 heavy (non-hydrogen) atoms. The molecule has 0 spiro atoms. The monoisotopic (exact) mass is 870 g/mol. The summed E-state index contributed by atoms with van der Waals surface area (Å²) in [5.41, 5.74) is 12.9. The van der Waals surface area contributed by atoms with E-state index in [1.54, 1.807) is 0 Å². The number of para-hydroxylation sites is 2. The molecule has 0 aliphatic rings. The first-order valence-corrected chi connectivity index (χ1v) is 22.6. The van der Waals surface area contributed by atoms with Gasteiger partial charge in [0, 0.05) is 43.8 Å². The molecule has 0 saturated heterocycles. The van der Waals surface area contributed by atoms with Crippen molar-refractivity contribution in [3.63, 3.8) is 0 Å². The Balaban J connectivity index is 0.981. The fourth-order valence-electron chi connectivity index (χ4n) is 9.51. The van der Waals surface area contributed by atoms with Gasteiger partial charge >= 0.3 is 0 Å². The number of aromatic nitrogens is 8. The quantitative estimate of drug-likeness (QED) is 0.151. The van der Waals surface area contributed by atoms with Crippen molar-refractivity contribution in [2.75, 3.05) is 0 Å². The molecule has 7 aromatic carbocycles. The summed E-state index contributed by atoms with van der Waals surface area (Å²) in [6.07, 6.45) is 0. The maximum atomic E-state index is 5.35. The van der Waals surface area contributed by atoms with Gasteiger partial charge in [0.1, 0.15) is 23.0 Å². The first-order valence-electron chi connectivity index (χ1n) is 22.6. The highest BCUT2D eigenvalue weighted by atomic mass is 15.1. The van der Waals surface area contributed by atoms with E-state index in [0.29, 0.717) is 23.0 Å². The maximum absolute atomic E-state index is 5.35. The van der Waals surface area contributed by atoms with Crippen LogP contribution in [0.3, 0.4) is 0 Å². The Hall–Kier alpha value is -9.40. The number of fused-ring (bicyclic) bond motifs is 7. The number of nitrogens with zero attached hydrogens (tertiary/aromatic N) is 8. The average Bonchev–Trinajstić information content (AvgIpc) is 3.95. The van der Waals surface area contributed by atoms with Crippen LogP contribution in [0.1, 0.15) is 0 Å². The van der Waals surface area contributed by atoms with Crippen LogP contribution in [0.25, 0.3) is 123 Å². The highest BCUT2D eigenvalue weighted by Gasteiger charge is 2.22. The van der Waals surface area contributed by atoms with Gasteiger partial charge in [-0.2, -0.15) is 0 Å². The van der Waals surface area contributed by atoms with Crippen molar-refractivity contribution in [1.82, 2.24) is 39.0 Å². The lowest BCUT2D eigenvalue weighted by Gasteiger charge is -2.12. The molecule has 0 unspecified atom stereocenters. The first kappa shape index (κ1) is 39.0. The highest BCUT2D eigenvalue weighted by molar-refractivity contribution is 6.28. The van der Waals surface area contributed by atoms with Crippen LogP contribution < -0.4 is 0 Å². The second-order valence-electron chi connectivity index (χ2n) is 16.7. The molecule has 0 atom stereocenters. The fourth-order valence-corrected chi connectivity index (χ4v) is 9.51. The van der Waals surface area contributed by atoms with Gasteiger partial charge in [-0.1, -0.05) is 170 Å². The Morgan fingerprint density at radius 2 is 0.559 bits per heavy atom. The molecule has 13 rings (SSSR count). The van der Waals surface area contributed by atoms with Crippen LogP contribution in [0.15, 0.2) is 231 Å². The molecular weight excluding hydrogens is 833 g/mol. The van der Waals surface area contributed by atoms with Crippen molar-refractivity contribution in [3.8, 4) is 79.7 Å². The normalized spacial score (nSPS) is 11.5. The van der Waals surface area contributed by atoms with Crippen LogP contribution in [-0.4, -0.2) is 39.0 Å². The summed E-state index contributed by atoms with van der Waals surface area (Å²) in [7, 11) is 0. The summed E-state index contributed by atoms with van der Waals surface area (Å²) < 4.78 is 4.53. The van der Waals surface area contributed by atoms with Gasteiger partial charge in [0.25, 0.3) is 0 Å². The van der Waals surface area contributed by atoms with Crippen molar-refractivity contribution in [2.45, 2.75) is 0 Å². The molecule has 13 aromatic rings. The molecule has 0 aliphatic carbocycles. The molecule has 0 aliphatic heterocycles. The Labute approximate surface area is 391 Å². The molecule has 6 heterocycles. The van der Waals surface area contributed by atoms with Crippen LogP contribution in [0.2, 0.25) is 0 Å². The van der Waals surface area contributed by atoms with Gasteiger partial charge in [0.15, 0.2) is 11.6 Å². The third-order valence-corrected chi connectivity index (χ3v) is 12.6. The molecule has 6 aromatic heterocycles. The van der Waals surface area contributed by atoms with Crippen molar-refractivity contribution >= 4 is 43.6 Å². The fraction of sp³-hybridized carbons (Fsp3) is 0. The Kier molecular flexibility index (Phi) is 9.31. The summed E-state index contributed by atoms with van der Waals surface area (Å²) in [6.45, 7) is 0. The SMILES string of the molecule is c1ccc(-c2cc(-c3ccccc3)nc(-c3cccc(-n4c5ccccc5c5c6c7ccccc7n(-c7cccc(-c8nc(-c9ccccc9)cc(-c9ccccc9)n8)n7)c6ccc54)n3)n2)cc1. The lowest BCUT2D eigenvalue weighted by Crippen LogP contribution is -2.02. The van der Waals surface area contributed by atoms with E-state index in [-0.39, 0.29) is 0 Å². The van der Waals surface area contributed by atoms with Gasteiger partial charge < -0.3 is 0 Å². The molecule has 0 radical (unpaired) electrons. The van der Waals surface area contributed by atoms with Gasteiger partial charge in [-0.15, -0.1) is 0 Å². The second-order valence-corrected chi connectivity index (χ2v) is 16.7. The Morgan fingerprint density at radius 1 is 0.235 bits per heavy atom. The number of hydrogen-bond acceptors (Lipinski definition) is 6. The summed E-state index contributed by atoms with van der Waals surface area (Å²) in [5.74, 6) is 2.66. The van der Waals surface area contributed by atoms with Gasteiger partial charge in [-0.05, 0) is 60.7 Å². The molecule has 8 nitrogen and oxygen atoms in total. The van der Waals surface area contributed by atoms with Gasteiger partial charge in [-0.25, -0.2) is 29.9 Å². The van der Waals surface area contributed by atoms with E-state index < -0.39 is 0 Å². The van der Waals surface area contributed by atoms with E-state index in [0.717, 1.165) is 100 Å². The van der Waals surface area contributed by atoms with Gasteiger partial charge in [0.2, 0.25) is 0 Å². The summed E-state index contributed by atoms with van der Waals surface area (Å²) in [4.78, 5) is 31.2. The Bertz CT molecular complexity index is 3640. The van der Waals surface area contributed by atoms with Crippen LogP contribution in [0.4, 0.5) is 0 Å². The largest absolute Gasteiger partial charge is 0.294 e. The third kappa shape index (κ3) is 6.70. The number of rotatable bonds is 8. The number of hydrogen-bond donors (Lipinski definition) is 0. The topological polar surface area (TPSA) is 87.2 Å². The van der Waals surface area contributed by atoms with Crippen molar-refractivity contribution in [3.05, 3.63) is 231 Å². The van der Waals surface area contributed by atoms with Crippen molar-refractivity contribution in [2.24, 2.45) is 0 Å². The predicted octanol–water partition coefficient (Wildman–Crippen LogP) is 14.3. The molecule has 8 heteroatoms. The van der Waals surface area contributed by atoms with Gasteiger partial charge in [-0.3, -0.25) is 9.13 Å². The highest BCUT2D eigenvalue weighted by Crippen LogP contribution is 2.42. The molecule has 0 bridgehead atoms. The summed E-state index contributed by atoms with van der Waals surface area (Å²) in [5, 5.41) is 4.52. The smallest absolute Gasteiger partial charge is 0.179 e. The van der Waals surface area contributed by atoms with Crippen molar-refractivity contribution in [1.29, 1.82) is 0 Å². The lowest BCUT2D eigenvalue weighted by atomic mass is 10.1. The predicted molar refractivity (Wildman–Crippen MR) is 275 cm³/mol. The zero-order valence-corrected chi connectivity index (χ0v) is 36.5. The lowest BCUT2D eigenvalue weighted by molar-refractivity contribution is 1.06.